The Morgan fingerprint density at radius 2 is 1.85 bits per heavy atom. The van der Waals surface area contributed by atoms with Gasteiger partial charge in [-0.25, -0.2) is 4.72 Å². The zero-order valence-corrected chi connectivity index (χ0v) is 31.1. The van der Waals surface area contributed by atoms with Crippen molar-refractivity contribution < 1.29 is 14.2 Å². The van der Waals surface area contributed by atoms with E-state index in [2.05, 4.69) is 101 Å². The van der Waals surface area contributed by atoms with Gasteiger partial charge in [-0.15, -0.1) is 0 Å². The number of rotatable bonds is 11. The van der Waals surface area contributed by atoms with E-state index in [-0.39, 0.29) is 34.7 Å². The van der Waals surface area contributed by atoms with Gasteiger partial charge in [-0.2, -0.15) is 0 Å². The lowest BCUT2D eigenvalue weighted by Gasteiger charge is -2.65. The number of halogens is 1. The molecule has 0 aromatic heterocycles. The molecule has 3 aliphatic carbocycles. The fourth-order valence-corrected chi connectivity index (χ4v) is 11.9. The van der Waals surface area contributed by atoms with E-state index in [1.807, 2.05) is 7.11 Å². The number of nitrogens with one attached hydrogen (secondary N) is 1. The van der Waals surface area contributed by atoms with Gasteiger partial charge >= 0.3 is 0 Å². The van der Waals surface area contributed by atoms with Crippen LogP contribution in [0.3, 0.4) is 0 Å². The molecule has 11 atom stereocenters. The molecular formula is C35H62INO3S. The average molecular weight is 704 g/mol. The lowest BCUT2D eigenvalue weighted by molar-refractivity contribution is -0.238. The summed E-state index contributed by atoms with van der Waals surface area (Å²) < 4.78 is 23.6. The van der Waals surface area contributed by atoms with Crippen LogP contribution in [-0.2, 0) is 14.2 Å². The Hall–Kier alpha value is 0.660. The van der Waals surface area contributed by atoms with Crippen molar-refractivity contribution >= 4 is 30.3 Å². The van der Waals surface area contributed by atoms with E-state index in [0.717, 1.165) is 24.4 Å². The summed E-state index contributed by atoms with van der Waals surface area (Å²) in [5.74, 6) is 4.19. The zero-order valence-electron chi connectivity index (χ0n) is 28.1. The second-order valence-corrected chi connectivity index (χ2v) is 17.9. The molecule has 0 amide bonds. The number of hydrogen-bond acceptors (Lipinski definition) is 5. The zero-order chi connectivity index (χ0) is 30.4. The highest BCUT2D eigenvalue weighted by molar-refractivity contribution is 14.2. The third-order valence-electron chi connectivity index (χ3n) is 13.2. The third kappa shape index (κ3) is 6.24. The maximum atomic E-state index is 7.03. The Labute approximate surface area is 269 Å². The summed E-state index contributed by atoms with van der Waals surface area (Å²) in [6.45, 7) is 25.3. The van der Waals surface area contributed by atoms with Crippen molar-refractivity contribution in [1.82, 2.24) is 4.72 Å². The monoisotopic (exact) mass is 703 g/mol. The van der Waals surface area contributed by atoms with Crippen LogP contribution in [0.25, 0.3) is 0 Å². The van der Waals surface area contributed by atoms with E-state index in [1.54, 1.807) is 14.7 Å². The van der Waals surface area contributed by atoms with Crippen LogP contribution in [-0.4, -0.2) is 44.2 Å². The quantitative estimate of drug-likeness (QED) is 0.132. The maximum Gasteiger partial charge on any atom is 0.0913 e. The average Bonchev–Trinajstić information content (AvgIpc) is 2.91. The molecule has 0 aromatic carbocycles. The number of allylic oxidation sites excluding steroid dienone is 1. The largest absolute Gasteiger partial charge is 0.379 e. The fourth-order valence-electron chi connectivity index (χ4n) is 9.94. The van der Waals surface area contributed by atoms with Gasteiger partial charge in [0.05, 0.1) is 37.1 Å². The molecule has 0 aromatic rings. The molecule has 1 saturated heterocycles. The Morgan fingerprint density at radius 3 is 2.46 bits per heavy atom. The number of methoxy groups -OCH3 is 1. The van der Waals surface area contributed by atoms with Crippen molar-refractivity contribution in [2.75, 3.05) is 20.3 Å². The van der Waals surface area contributed by atoms with Crippen molar-refractivity contribution in [3.05, 3.63) is 11.6 Å². The molecule has 2 saturated carbocycles. The standard InChI is InChI=1S/C35H62INO3S/c1-22(2)18-26-16-17-32(7)27(19-26)12-13-29-28(32)14-15-30-33(8,20-39-25(6)35(29,30)10)31(24(5)38-11)40-21-34(9,23(3)4)37-41-36/h13,22-28,30-31,37H,12,14-21H2,1-11H3/t24-,25?,26?,27?,28+,30+,31?,32?,33+,34?,35?/m1/s1. The molecule has 3 fully saturated rings. The van der Waals surface area contributed by atoms with Crippen molar-refractivity contribution in [1.29, 1.82) is 0 Å². The van der Waals surface area contributed by atoms with Gasteiger partial charge in [-0.05, 0) is 116 Å². The normalized spacial score (nSPS) is 42.1. The minimum atomic E-state index is -0.134. The number of fused-ring (bicyclic) bond motifs is 5. The van der Waals surface area contributed by atoms with Gasteiger partial charge in [0.15, 0.2) is 0 Å². The van der Waals surface area contributed by atoms with E-state index in [1.165, 1.54) is 44.9 Å². The van der Waals surface area contributed by atoms with Gasteiger partial charge in [0, 0.05) is 39.1 Å². The maximum absolute atomic E-state index is 7.03. The first-order valence-electron chi connectivity index (χ1n) is 16.7. The topological polar surface area (TPSA) is 39.7 Å². The number of ether oxygens (including phenoxy) is 3. The first-order chi connectivity index (χ1) is 19.2. The Kier molecular flexibility index (Phi) is 11.1. The summed E-state index contributed by atoms with van der Waals surface area (Å²) in [5, 5.41) is 0. The van der Waals surface area contributed by atoms with Crippen LogP contribution in [0.1, 0.15) is 114 Å². The molecule has 0 bridgehead atoms. The second-order valence-electron chi connectivity index (χ2n) is 16.2. The lowest BCUT2D eigenvalue weighted by Crippen LogP contribution is -2.65. The molecule has 1 heterocycles. The summed E-state index contributed by atoms with van der Waals surface area (Å²) in [4.78, 5) is 0. The smallest absolute Gasteiger partial charge is 0.0913 e. The van der Waals surface area contributed by atoms with Gasteiger partial charge in [0.1, 0.15) is 0 Å². The predicted molar refractivity (Wildman–Crippen MR) is 183 cm³/mol. The molecule has 7 unspecified atom stereocenters. The van der Waals surface area contributed by atoms with Crippen LogP contribution in [0.2, 0.25) is 0 Å². The summed E-state index contributed by atoms with van der Waals surface area (Å²) in [6.07, 6.45) is 12.3. The van der Waals surface area contributed by atoms with E-state index in [9.17, 15) is 0 Å². The van der Waals surface area contributed by atoms with Crippen LogP contribution in [0.15, 0.2) is 11.6 Å². The molecule has 4 nitrogen and oxygen atoms in total. The van der Waals surface area contributed by atoms with Crippen LogP contribution in [0.4, 0.5) is 0 Å². The highest BCUT2D eigenvalue weighted by atomic mass is 127. The molecule has 0 spiro atoms. The van der Waals surface area contributed by atoms with Crippen LogP contribution in [0.5, 0.6) is 0 Å². The van der Waals surface area contributed by atoms with E-state index in [0.29, 0.717) is 29.8 Å². The van der Waals surface area contributed by atoms with Crippen molar-refractivity contribution in [2.24, 2.45) is 51.8 Å². The molecule has 6 heteroatoms. The first kappa shape index (κ1) is 34.5. The van der Waals surface area contributed by atoms with Crippen LogP contribution >= 0.6 is 30.3 Å². The minimum absolute atomic E-state index is 0.0129. The van der Waals surface area contributed by atoms with Gasteiger partial charge in [0.25, 0.3) is 0 Å². The number of hydrogen-bond donors (Lipinski definition) is 1. The second kappa shape index (κ2) is 13.2. The summed E-state index contributed by atoms with van der Waals surface area (Å²) in [5.41, 5.74) is 1.92. The van der Waals surface area contributed by atoms with E-state index >= 15 is 0 Å². The summed E-state index contributed by atoms with van der Waals surface area (Å²) in [7, 11) is 3.50. The van der Waals surface area contributed by atoms with Crippen molar-refractivity contribution in [3.63, 3.8) is 0 Å². The van der Waals surface area contributed by atoms with Crippen LogP contribution < -0.4 is 4.72 Å². The first-order valence-corrected chi connectivity index (χ1v) is 20.0. The Morgan fingerprint density at radius 1 is 1.15 bits per heavy atom. The molecular weight excluding hydrogens is 641 g/mol. The fraction of sp³-hybridized carbons (Fsp3) is 0.943. The lowest BCUT2D eigenvalue weighted by atomic mass is 9.42. The summed E-state index contributed by atoms with van der Waals surface area (Å²) in [6, 6.07) is 0. The SMILES string of the molecule is CO[C@H](C)C(OCC(C)(NSI)C(C)C)[C@@]1(C)COC(C)C2(C)C3=CCC4CC(CC(C)C)CCC4(C)[C@H]3CC[C@H]21. The van der Waals surface area contributed by atoms with Gasteiger partial charge in [-0.1, -0.05) is 60.1 Å². The molecule has 1 aliphatic heterocycles. The molecule has 0 radical (unpaired) electrons. The molecule has 41 heavy (non-hydrogen) atoms. The van der Waals surface area contributed by atoms with Gasteiger partial charge in [0.2, 0.25) is 0 Å². The molecule has 1 N–H and O–H groups in total. The highest BCUT2D eigenvalue weighted by Crippen LogP contribution is 2.67. The minimum Gasteiger partial charge on any atom is -0.379 e. The van der Waals surface area contributed by atoms with E-state index in [4.69, 9.17) is 14.2 Å². The van der Waals surface area contributed by atoms with Gasteiger partial charge < -0.3 is 14.2 Å². The predicted octanol–water partition coefficient (Wildman–Crippen LogP) is 9.67. The summed E-state index contributed by atoms with van der Waals surface area (Å²) >= 11 is 2.33. The van der Waals surface area contributed by atoms with Crippen molar-refractivity contribution in [3.8, 4) is 0 Å². The molecule has 4 rings (SSSR count). The molecule has 238 valence electrons. The molecule has 4 aliphatic rings. The Balaban J connectivity index is 1.65. The highest BCUT2D eigenvalue weighted by Gasteiger charge is 2.64. The van der Waals surface area contributed by atoms with Gasteiger partial charge in [-0.3, -0.25) is 0 Å². The van der Waals surface area contributed by atoms with Crippen molar-refractivity contribution in [2.45, 2.75) is 138 Å². The Bertz CT molecular complexity index is 929. The van der Waals surface area contributed by atoms with E-state index < -0.39 is 0 Å². The third-order valence-corrected chi connectivity index (χ3v) is 14.4. The van der Waals surface area contributed by atoms with Crippen LogP contribution in [0, 0.1) is 51.8 Å².